The molecule has 0 saturated heterocycles. The van der Waals surface area contributed by atoms with Crippen molar-refractivity contribution in [2.45, 2.75) is 19.9 Å². The fourth-order valence-electron chi connectivity index (χ4n) is 1.56. The normalized spacial score (nSPS) is 10.9. The van der Waals surface area contributed by atoms with Crippen LogP contribution in [0.5, 0.6) is 0 Å². The van der Waals surface area contributed by atoms with Gasteiger partial charge in [0.15, 0.2) is 0 Å². The molecular weight excluding hydrogens is 254 g/mol. The molecule has 0 fully saturated rings. The van der Waals surface area contributed by atoms with Gasteiger partial charge in [-0.3, -0.25) is 9.59 Å². The van der Waals surface area contributed by atoms with Crippen LogP contribution in [-0.4, -0.2) is 30.9 Å². The number of carbonyl (C=O) groups excluding carboxylic acids is 2. The van der Waals surface area contributed by atoms with Crippen LogP contribution < -0.4 is 16.4 Å². The number of nitrogens with one attached hydrogen (secondary N) is 2. The Labute approximate surface area is 118 Å². The Bertz CT molecular complexity index is 544. The van der Waals surface area contributed by atoms with Crippen molar-refractivity contribution < 1.29 is 9.59 Å². The van der Waals surface area contributed by atoms with E-state index in [-0.39, 0.29) is 18.4 Å². The lowest BCUT2D eigenvalue weighted by Gasteiger charge is -2.13. The smallest absolute Gasteiger partial charge is 0.251 e. The van der Waals surface area contributed by atoms with Crippen molar-refractivity contribution in [2.24, 2.45) is 5.73 Å². The van der Waals surface area contributed by atoms with Crippen LogP contribution >= 0.6 is 0 Å². The number of amides is 2. The van der Waals surface area contributed by atoms with E-state index in [2.05, 4.69) is 22.5 Å². The summed E-state index contributed by atoms with van der Waals surface area (Å²) in [5.41, 5.74) is 6.48. The second-order valence-electron chi connectivity index (χ2n) is 4.18. The van der Waals surface area contributed by atoms with Crippen molar-refractivity contribution in [1.82, 2.24) is 10.6 Å². The average Bonchev–Trinajstić information content (AvgIpc) is 2.45. The summed E-state index contributed by atoms with van der Waals surface area (Å²) >= 11 is 0. The Hall–Kier alpha value is -2.32. The first-order valence-corrected chi connectivity index (χ1v) is 6.46. The van der Waals surface area contributed by atoms with Gasteiger partial charge in [-0.1, -0.05) is 17.9 Å². The molecule has 0 aliphatic heterocycles. The highest BCUT2D eigenvalue weighted by Gasteiger charge is 2.15. The van der Waals surface area contributed by atoms with Gasteiger partial charge in [0.1, 0.15) is 6.04 Å². The first-order valence-electron chi connectivity index (χ1n) is 6.46. The van der Waals surface area contributed by atoms with Crippen LogP contribution in [0.2, 0.25) is 0 Å². The summed E-state index contributed by atoms with van der Waals surface area (Å²) in [7, 11) is 0. The molecule has 1 aromatic rings. The van der Waals surface area contributed by atoms with Gasteiger partial charge in [-0.15, -0.1) is 0 Å². The lowest BCUT2D eigenvalue weighted by molar-refractivity contribution is -0.122. The summed E-state index contributed by atoms with van der Waals surface area (Å²) in [5, 5.41) is 5.29. The van der Waals surface area contributed by atoms with E-state index in [9.17, 15) is 9.59 Å². The Kier molecular flexibility index (Phi) is 6.27. The molecule has 106 valence electrons. The number of rotatable bonds is 4. The first kappa shape index (κ1) is 15.7. The van der Waals surface area contributed by atoms with Gasteiger partial charge in [-0.2, -0.15) is 0 Å². The maximum atomic E-state index is 12.0. The van der Waals surface area contributed by atoms with Crippen molar-refractivity contribution >= 4 is 11.8 Å². The Balaban J connectivity index is 2.75. The van der Waals surface area contributed by atoms with E-state index in [0.717, 1.165) is 0 Å². The third-order valence-corrected chi connectivity index (χ3v) is 2.55. The lowest BCUT2D eigenvalue weighted by Crippen LogP contribution is -2.44. The van der Waals surface area contributed by atoms with E-state index in [1.807, 2.05) is 6.92 Å². The van der Waals surface area contributed by atoms with Gasteiger partial charge < -0.3 is 16.4 Å². The molecule has 5 nitrogen and oxygen atoms in total. The molecule has 0 heterocycles. The zero-order valence-corrected chi connectivity index (χ0v) is 11.7. The quantitative estimate of drug-likeness (QED) is 0.688. The second kappa shape index (κ2) is 7.97. The summed E-state index contributed by atoms with van der Waals surface area (Å²) in [6.45, 7) is 4.26. The summed E-state index contributed by atoms with van der Waals surface area (Å²) in [6, 6.07) is 6.30. The monoisotopic (exact) mass is 273 g/mol. The predicted molar refractivity (Wildman–Crippen MR) is 78.0 cm³/mol. The van der Waals surface area contributed by atoms with E-state index < -0.39 is 6.04 Å². The predicted octanol–water partition coefficient (Wildman–Crippen LogP) is 0.251. The van der Waals surface area contributed by atoms with Crippen LogP contribution in [0.15, 0.2) is 24.3 Å². The van der Waals surface area contributed by atoms with Crippen LogP contribution in [0.3, 0.4) is 0 Å². The van der Waals surface area contributed by atoms with Crippen LogP contribution in [0, 0.1) is 11.8 Å². The number of nitrogens with two attached hydrogens (primary N) is 1. The van der Waals surface area contributed by atoms with Crippen LogP contribution in [0.25, 0.3) is 0 Å². The molecule has 0 radical (unpaired) electrons. The highest BCUT2D eigenvalue weighted by Crippen LogP contribution is 2.04. The van der Waals surface area contributed by atoms with Gasteiger partial charge in [0.2, 0.25) is 5.91 Å². The fourth-order valence-corrected chi connectivity index (χ4v) is 1.56. The molecule has 4 N–H and O–H groups in total. The Morgan fingerprint density at radius 3 is 2.80 bits per heavy atom. The standard InChI is InChI=1S/C15H19N3O2/c1-3-17-14(19)11(2)18-15(20)13-8-4-6-12(10-13)7-5-9-16/h4,6,8,10-11H,3,9,16H2,1-2H3,(H,17,19)(H,18,20). The molecule has 0 aliphatic carbocycles. The lowest BCUT2D eigenvalue weighted by atomic mass is 10.1. The van der Waals surface area contributed by atoms with E-state index in [4.69, 9.17) is 5.73 Å². The van der Waals surface area contributed by atoms with E-state index >= 15 is 0 Å². The maximum Gasteiger partial charge on any atom is 0.251 e. The van der Waals surface area contributed by atoms with Gasteiger partial charge in [-0.25, -0.2) is 0 Å². The maximum absolute atomic E-state index is 12.0. The SMILES string of the molecule is CCNC(=O)C(C)NC(=O)c1cccc(C#CCN)c1. The van der Waals surface area contributed by atoms with Crippen LogP contribution in [0.1, 0.15) is 29.8 Å². The molecule has 0 aromatic heterocycles. The molecule has 1 atom stereocenters. The van der Waals surface area contributed by atoms with Crippen molar-refractivity contribution in [2.75, 3.05) is 13.1 Å². The zero-order valence-electron chi connectivity index (χ0n) is 11.7. The van der Waals surface area contributed by atoms with Gasteiger partial charge in [0.05, 0.1) is 6.54 Å². The summed E-state index contributed by atoms with van der Waals surface area (Å²) in [4.78, 5) is 23.6. The molecule has 20 heavy (non-hydrogen) atoms. The minimum absolute atomic E-state index is 0.208. The third kappa shape index (κ3) is 4.75. The minimum atomic E-state index is -0.582. The molecule has 0 bridgehead atoms. The first-order chi connectivity index (χ1) is 9.58. The van der Waals surface area contributed by atoms with E-state index in [1.165, 1.54) is 0 Å². The minimum Gasteiger partial charge on any atom is -0.355 e. The molecular formula is C15H19N3O2. The molecule has 5 heteroatoms. The van der Waals surface area contributed by atoms with Gasteiger partial charge >= 0.3 is 0 Å². The molecule has 1 aromatic carbocycles. The molecule has 1 rings (SSSR count). The summed E-state index contributed by atoms with van der Waals surface area (Å²) < 4.78 is 0. The van der Waals surface area contributed by atoms with Gasteiger partial charge in [0, 0.05) is 17.7 Å². The number of hydrogen-bond acceptors (Lipinski definition) is 3. The number of carbonyl (C=O) groups is 2. The van der Waals surface area contributed by atoms with E-state index in [1.54, 1.807) is 31.2 Å². The Morgan fingerprint density at radius 2 is 2.15 bits per heavy atom. The number of hydrogen-bond donors (Lipinski definition) is 3. The number of likely N-dealkylation sites (N-methyl/N-ethyl adjacent to an activating group) is 1. The van der Waals surface area contributed by atoms with Gasteiger partial charge in [-0.05, 0) is 32.0 Å². The average molecular weight is 273 g/mol. The van der Waals surface area contributed by atoms with Crippen molar-refractivity contribution in [1.29, 1.82) is 0 Å². The summed E-state index contributed by atoms with van der Waals surface area (Å²) in [6.07, 6.45) is 0. The molecule has 2 amide bonds. The molecule has 1 unspecified atom stereocenters. The largest absolute Gasteiger partial charge is 0.355 e. The van der Waals surface area contributed by atoms with Crippen LogP contribution in [-0.2, 0) is 4.79 Å². The summed E-state index contributed by atoms with van der Waals surface area (Å²) in [5.74, 6) is 5.08. The molecule has 0 aliphatic rings. The highest BCUT2D eigenvalue weighted by molar-refractivity contribution is 5.97. The van der Waals surface area contributed by atoms with Crippen molar-refractivity contribution in [3.8, 4) is 11.8 Å². The number of benzene rings is 1. The fraction of sp³-hybridized carbons (Fsp3) is 0.333. The van der Waals surface area contributed by atoms with Gasteiger partial charge in [0.25, 0.3) is 5.91 Å². The topological polar surface area (TPSA) is 84.2 Å². The zero-order chi connectivity index (χ0) is 15.0. The Morgan fingerprint density at radius 1 is 1.40 bits per heavy atom. The highest BCUT2D eigenvalue weighted by atomic mass is 16.2. The molecule has 0 spiro atoms. The third-order valence-electron chi connectivity index (χ3n) is 2.55. The second-order valence-corrected chi connectivity index (χ2v) is 4.18. The van der Waals surface area contributed by atoms with E-state index in [0.29, 0.717) is 17.7 Å². The molecule has 0 saturated carbocycles. The van der Waals surface area contributed by atoms with Crippen molar-refractivity contribution in [3.05, 3.63) is 35.4 Å². The van der Waals surface area contributed by atoms with Crippen molar-refractivity contribution in [3.63, 3.8) is 0 Å². The van der Waals surface area contributed by atoms with Crippen LogP contribution in [0.4, 0.5) is 0 Å².